The number of benzene rings is 3. The number of nitrogens with one attached hydrogen (secondary N) is 2. The number of halogens is 4. The van der Waals surface area contributed by atoms with E-state index >= 15 is 0 Å². The Bertz CT molecular complexity index is 1490. The van der Waals surface area contributed by atoms with Gasteiger partial charge in [0.15, 0.2) is 23.3 Å². The van der Waals surface area contributed by atoms with Gasteiger partial charge < -0.3 is 14.2 Å². The smallest absolute Gasteiger partial charge is 0.265 e. The summed E-state index contributed by atoms with van der Waals surface area (Å²) in [7, 11) is -6.26. The van der Waals surface area contributed by atoms with Crippen molar-refractivity contribution in [3.63, 3.8) is 0 Å². The minimum atomic E-state index is -4.85. The molecule has 0 aliphatic rings. The molecule has 0 atom stereocenters. The van der Waals surface area contributed by atoms with E-state index in [0.29, 0.717) is 6.07 Å². The van der Waals surface area contributed by atoms with E-state index in [1.807, 2.05) is 0 Å². The van der Waals surface area contributed by atoms with Crippen LogP contribution in [-0.4, -0.2) is 38.2 Å². The van der Waals surface area contributed by atoms with Crippen LogP contribution in [0.4, 0.5) is 28.9 Å². The fourth-order valence-electron chi connectivity index (χ4n) is 2.95. The summed E-state index contributed by atoms with van der Waals surface area (Å²) in [4.78, 5) is -1.59. The van der Waals surface area contributed by atoms with Gasteiger partial charge in [-0.2, -0.15) is 0 Å². The van der Waals surface area contributed by atoms with Crippen molar-refractivity contribution >= 4 is 31.4 Å². The lowest BCUT2D eigenvalue weighted by Gasteiger charge is -2.15. The number of hydrogen-bond donors (Lipinski definition) is 2. The first kappa shape index (κ1) is 26.9. The van der Waals surface area contributed by atoms with Gasteiger partial charge >= 0.3 is 0 Å². The lowest BCUT2D eigenvalue weighted by Crippen LogP contribution is -2.19. The lowest BCUT2D eigenvalue weighted by molar-refractivity contribution is 0.402. The molecular formula is C21H18F4N2O7S2. The third-order valence-corrected chi connectivity index (χ3v) is 7.43. The van der Waals surface area contributed by atoms with Crippen molar-refractivity contribution in [1.29, 1.82) is 0 Å². The highest BCUT2D eigenvalue weighted by Gasteiger charge is 2.28. The predicted octanol–water partition coefficient (Wildman–Crippen LogP) is 3.87. The van der Waals surface area contributed by atoms with Crippen LogP contribution in [0.2, 0.25) is 0 Å². The molecule has 0 radical (unpaired) electrons. The number of rotatable bonds is 9. The maximum Gasteiger partial charge on any atom is 0.265 e. The Labute approximate surface area is 203 Å². The second-order valence-electron chi connectivity index (χ2n) is 6.96. The summed E-state index contributed by atoms with van der Waals surface area (Å²) in [6.07, 6.45) is 0. The Hall–Kier alpha value is -3.72. The minimum absolute atomic E-state index is 0.213. The molecule has 3 aromatic carbocycles. The van der Waals surface area contributed by atoms with Crippen molar-refractivity contribution < 1.29 is 48.6 Å². The van der Waals surface area contributed by atoms with Crippen molar-refractivity contribution in [1.82, 2.24) is 0 Å². The summed E-state index contributed by atoms with van der Waals surface area (Å²) >= 11 is 0. The third kappa shape index (κ3) is 5.41. The van der Waals surface area contributed by atoms with Gasteiger partial charge in [0.2, 0.25) is 0 Å². The Morgan fingerprint density at radius 2 is 1.03 bits per heavy atom. The average molecular weight is 551 g/mol. The predicted molar refractivity (Wildman–Crippen MR) is 120 cm³/mol. The van der Waals surface area contributed by atoms with Gasteiger partial charge in [-0.3, -0.25) is 9.44 Å². The number of methoxy groups -OCH3 is 3. The van der Waals surface area contributed by atoms with Crippen LogP contribution in [-0.2, 0) is 20.0 Å². The van der Waals surface area contributed by atoms with Crippen molar-refractivity contribution in [3.05, 3.63) is 65.7 Å². The molecule has 9 nitrogen and oxygen atoms in total. The number of ether oxygens (including phenoxy) is 3. The molecule has 15 heteroatoms. The zero-order valence-electron chi connectivity index (χ0n) is 18.7. The van der Waals surface area contributed by atoms with Crippen LogP contribution in [0.25, 0.3) is 0 Å². The van der Waals surface area contributed by atoms with E-state index in [4.69, 9.17) is 14.2 Å². The first-order valence-corrected chi connectivity index (χ1v) is 12.6. The molecular weight excluding hydrogens is 532 g/mol. The summed E-state index contributed by atoms with van der Waals surface area (Å²) in [6, 6.07) is 5.32. The molecule has 0 bridgehead atoms. The molecule has 36 heavy (non-hydrogen) atoms. The fraction of sp³-hybridized carbons (Fsp3) is 0.143. The molecule has 0 unspecified atom stereocenters. The highest BCUT2D eigenvalue weighted by molar-refractivity contribution is 7.93. The molecule has 0 aliphatic carbocycles. The SMILES string of the molecule is COc1cc(F)c(NS(=O)(=O)c2ccc(OC)c(S(=O)(=O)Nc3c(F)cc(OC)cc3F)c2)c(F)c1. The summed E-state index contributed by atoms with van der Waals surface area (Å²) in [5.74, 6) is -6.06. The van der Waals surface area contributed by atoms with E-state index in [-0.39, 0.29) is 11.5 Å². The Morgan fingerprint density at radius 1 is 0.611 bits per heavy atom. The highest BCUT2D eigenvalue weighted by atomic mass is 32.2. The Kier molecular flexibility index (Phi) is 7.54. The fourth-order valence-corrected chi connectivity index (χ4v) is 5.40. The maximum absolute atomic E-state index is 14.3. The number of anilines is 2. The second-order valence-corrected chi connectivity index (χ2v) is 10.3. The largest absolute Gasteiger partial charge is 0.497 e. The van der Waals surface area contributed by atoms with Gasteiger partial charge in [0.25, 0.3) is 20.0 Å². The third-order valence-electron chi connectivity index (χ3n) is 4.71. The quantitative estimate of drug-likeness (QED) is 0.388. The van der Waals surface area contributed by atoms with Gasteiger partial charge in [0.05, 0.1) is 26.2 Å². The van der Waals surface area contributed by atoms with Crippen molar-refractivity contribution in [2.75, 3.05) is 30.8 Å². The molecule has 0 aromatic heterocycles. The Balaban J connectivity index is 2.05. The zero-order chi connectivity index (χ0) is 26.8. The van der Waals surface area contributed by atoms with E-state index in [1.165, 1.54) is 0 Å². The van der Waals surface area contributed by atoms with Crippen molar-refractivity contribution in [2.45, 2.75) is 9.79 Å². The van der Waals surface area contributed by atoms with E-state index in [0.717, 1.165) is 57.7 Å². The zero-order valence-corrected chi connectivity index (χ0v) is 20.4. The van der Waals surface area contributed by atoms with Gasteiger partial charge in [-0.15, -0.1) is 0 Å². The van der Waals surface area contributed by atoms with Gasteiger partial charge in [-0.1, -0.05) is 0 Å². The van der Waals surface area contributed by atoms with Gasteiger partial charge in [-0.25, -0.2) is 34.4 Å². The summed E-state index contributed by atoms with van der Waals surface area (Å²) in [6.45, 7) is 0. The van der Waals surface area contributed by atoms with Gasteiger partial charge in [0, 0.05) is 24.3 Å². The van der Waals surface area contributed by atoms with Crippen LogP contribution in [0.5, 0.6) is 17.2 Å². The van der Waals surface area contributed by atoms with E-state index < -0.39 is 70.2 Å². The summed E-state index contributed by atoms with van der Waals surface area (Å²) in [5, 5.41) is 0. The van der Waals surface area contributed by atoms with Crippen LogP contribution in [0, 0.1) is 23.3 Å². The molecule has 3 aromatic rings. The van der Waals surface area contributed by atoms with Crippen molar-refractivity contribution in [3.8, 4) is 17.2 Å². The van der Waals surface area contributed by atoms with Crippen LogP contribution in [0.3, 0.4) is 0 Å². The molecule has 0 saturated heterocycles. The molecule has 0 saturated carbocycles. The van der Waals surface area contributed by atoms with Crippen LogP contribution < -0.4 is 23.7 Å². The minimum Gasteiger partial charge on any atom is -0.497 e. The molecule has 0 aliphatic heterocycles. The summed E-state index contributed by atoms with van der Waals surface area (Å²) < 4.78 is 126. The summed E-state index contributed by atoms with van der Waals surface area (Å²) in [5.41, 5.74) is -2.11. The van der Waals surface area contributed by atoms with E-state index in [1.54, 1.807) is 9.44 Å². The first-order chi connectivity index (χ1) is 16.8. The monoisotopic (exact) mass is 550 g/mol. The maximum atomic E-state index is 14.3. The lowest BCUT2D eigenvalue weighted by atomic mass is 10.3. The highest BCUT2D eigenvalue weighted by Crippen LogP contribution is 2.33. The standard InChI is InChI=1S/C21H18F4N2O7S2/c1-32-11-6-14(22)20(15(23)7-11)26-35(28,29)13-4-5-18(34-3)19(10-13)36(30,31)27-21-16(24)8-12(33-2)9-17(21)25/h4-10,26-27H,1-3H3. The van der Waals surface area contributed by atoms with E-state index in [9.17, 15) is 34.4 Å². The first-order valence-electron chi connectivity index (χ1n) is 9.62. The van der Waals surface area contributed by atoms with E-state index in [2.05, 4.69) is 0 Å². The molecule has 0 spiro atoms. The van der Waals surface area contributed by atoms with Crippen molar-refractivity contribution in [2.24, 2.45) is 0 Å². The van der Waals surface area contributed by atoms with Crippen LogP contribution >= 0.6 is 0 Å². The van der Waals surface area contributed by atoms with Crippen LogP contribution in [0.1, 0.15) is 0 Å². The Morgan fingerprint density at radius 3 is 1.42 bits per heavy atom. The van der Waals surface area contributed by atoms with Gasteiger partial charge in [0.1, 0.15) is 33.5 Å². The molecule has 194 valence electrons. The molecule has 0 fully saturated rings. The normalized spacial score (nSPS) is 11.6. The molecule has 3 rings (SSSR count). The average Bonchev–Trinajstić information content (AvgIpc) is 2.82. The number of hydrogen-bond acceptors (Lipinski definition) is 7. The number of sulfonamides is 2. The van der Waals surface area contributed by atoms with Crippen LogP contribution in [0.15, 0.2) is 52.3 Å². The second kappa shape index (κ2) is 10.1. The molecule has 0 heterocycles. The van der Waals surface area contributed by atoms with Gasteiger partial charge in [-0.05, 0) is 18.2 Å². The molecule has 0 amide bonds. The topological polar surface area (TPSA) is 120 Å². The molecule has 2 N–H and O–H groups in total.